The van der Waals surface area contributed by atoms with Crippen LogP contribution in [0, 0.1) is 10.1 Å². The van der Waals surface area contributed by atoms with Crippen LogP contribution in [0.2, 0.25) is 0 Å². The molecule has 3 aromatic rings. The molecular formula is C21H17N3O5S. The molecule has 0 radical (unpaired) electrons. The van der Waals surface area contributed by atoms with Gasteiger partial charge >= 0.3 is 0 Å². The zero-order valence-corrected chi connectivity index (χ0v) is 16.9. The molecule has 0 unspecified atom stereocenters. The number of nitro benzene ring substituents is 1. The van der Waals surface area contributed by atoms with Crippen LogP contribution in [0.1, 0.15) is 46.3 Å². The van der Waals surface area contributed by atoms with Crippen LogP contribution >= 0.6 is 11.3 Å². The van der Waals surface area contributed by atoms with E-state index in [0.29, 0.717) is 27.6 Å². The summed E-state index contributed by atoms with van der Waals surface area (Å²) >= 11 is 1.16. The summed E-state index contributed by atoms with van der Waals surface area (Å²) in [6.07, 6.45) is 1.52. The fourth-order valence-corrected chi connectivity index (χ4v) is 4.88. The van der Waals surface area contributed by atoms with E-state index in [2.05, 4.69) is 5.32 Å². The summed E-state index contributed by atoms with van der Waals surface area (Å²) in [5.74, 6) is -0.556. The normalized spacial score (nSPS) is 15.5. The monoisotopic (exact) mass is 423 g/mol. The second kappa shape index (κ2) is 7.27. The Hall–Kier alpha value is -3.72. The third-order valence-corrected chi connectivity index (χ3v) is 6.13. The summed E-state index contributed by atoms with van der Waals surface area (Å²) in [5, 5.41) is 14.9. The van der Waals surface area contributed by atoms with E-state index in [-0.39, 0.29) is 27.6 Å². The van der Waals surface area contributed by atoms with Crippen LogP contribution in [0.4, 0.5) is 16.4 Å². The second-order valence-electron chi connectivity index (χ2n) is 6.89. The Bertz CT molecular complexity index is 1220. The predicted molar refractivity (Wildman–Crippen MR) is 113 cm³/mol. The largest absolute Gasteiger partial charge is 0.468 e. The highest BCUT2D eigenvalue weighted by Crippen LogP contribution is 2.50. The van der Waals surface area contributed by atoms with Gasteiger partial charge in [-0.15, -0.1) is 11.3 Å². The predicted octanol–water partition coefficient (Wildman–Crippen LogP) is 4.48. The van der Waals surface area contributed by atoms with Crippen LogP contribution in [0.3, 0.4) is 0 Å². The smallest absolute Gasteiger partial charge is 0.270 e. The molecule has 3 N–H and O–H groups in total. The zero-order chi connectivity index (χ0) is 21.6. The number of ketones is 2. The molecule has 1 atom stereocenters. The Morgan fingerprint density at radius 1 is 1.27 bits per heavy atom. The number of Topliss-reactive ketones (excluding diaryl/α,β-unsaturated/α-hetero) is 1. The number of hydrogen-bond acceptors (Lipinski definition) is 8. The Labute approximate surface area is 175 Å². The lowest BCUT2D eigenvalue weighted by Gasteiger charge is -2.26. The van der Waals surface area contributed by atoms with E-state index in [1.54, 1.807) is 19.1 Å². The molecule has 9 heteroatoms. The number of rotatable bonds is 5. The van der Waals surface area contributed by atoms with Crippen molar-refractivity contribution >= 4 is 39.3 Å². The Morgan fingerprint density at radius 3 is 2.67 bits per heavy atom. The van der Waals surface area contributed by atoms with Crippen LogP contribution in [0.25, 0.3) is 0 Å². The van der Waals surface area contributed by atoms with Crippen molar-refractivity contribution in [1.29, 1.82) is 0 Å². The number of nitrogens with one attached hydrogen (secondary N) is 1. The van der Waals surface area contributed by atoms with Crippen LogP contribution in [-0.4, -0.2) is 16.5 Å². The third-order valence-electron chi connectivity index (χ3n) is 5.00. The molecule has 0 saturated carbocycles. The van der Waals surface area contributed by atoms with Crippen molar-refractivity contribution in [3.8, 4) is 0 Å². The van der Waals surface area contributed by atoms with Gasteiger partial charge in [-0.05, 0) is 26.0 Å². The number of carbonyl (C=O) groups is 2. The number of nitrogens with two attached hydrogens (primary N) is 1. The van der Waals surface area contributed by atoms with Gasteiger partial charge in [-0.3, -0.25) is 19.7 Å². The molecular weight excluding hydrogens is 406 g/mol. The van der Waals surface area contributed by atoms with Crippen molar-refractivity contribution in [2.24, 2.45) is 0 Å². The van der Waals surface area contributed by atoms with Gasteiger partial charge in [-0.2, -0.15) is 0 Å². The topological polar surface area (TPSA) is 128 Å². The van der Waals surface area contributed by atoms with E-state index in [4.69, 9.17) is 10.2 Å². The number of nitro groups is 1. The van der Waals surface area contributed by atoms with Gasteiger partial charge in [-0.1, -0.05) is 12.1 Å². The first kappa shape index (κ1) is 19.6. The van der Waals surface area contributed by atoms with Crippen molar-refractivity contribution < 1.29 is 18.9 Å². The molecule has 0 saturated heterocycles. The molecule has 4 rings (SSSR count). The molecule has 0 spiro atoms. The molecule has 1 aliphatic rings. The van der Waals surface area contributed by atoms with Gasteiger partial charge in [-0.25, -0.2) is 0 Å². The van der Waals surface area contributed by atoms with Gasteiger partial charge in [0, 0.05) is 34.5 Å². The summed E-state index contributed by atoms with van der Waals surface area (Å²) in [5.41, 5.74) is 8.39. The van der Waals surface area contributed by atoms with Crippen molar-refractivity contribution in [3.63, 3.8) is 0 Å². The minimum atomic E-state index is -0.555. The molecule has 1 aromatic carbocycles. The van der Waals surface area contributed by atoms with Crippen molar-refractivity contribution in [2.45, 2.75) is 19.8 Å². The molecule has 8 nitrogen and oxygen atoms in total. The third kappa shape index (κ3) is 3.09. The number of carbonyl (C=O) groups excluding carboxylic acids is 2. The lowest BCUT2D eigenvalue weighted by Crippen LogP contribution is -2.21. The lowest BCUT2D eigenvalue weighted by atomic mass is 9.83. The van der Waals surface area contributed by atoms with E-state index in [1.165, 1.54) is 37.5 Å². The Kier molecular flexibility index (Phi) is 4.75. The summed E-state index contributed by atoms with van der Waals surface area (Å²) in [6, 6.07) is 8.99. The number of fused-ring (bicyclic) bond motifs is 1. The quantitative estimate of drug-likeness (QED) is 0.351. The van der Waals surface area contributed by atoms with E-state index in [1.807, 2.05) is 0 Å². The number of benzene rings is 1. The summed E-state index contributed by atoms with van der Waals surface area (Å²) in [7, 11) is 0. The number of anilines is 2. The van der Waals surface area contributed by atoms with E-state index >= 15 is 0 Å². The van der Waals surface area contributed by atoms with Crippen molar-refractivity contribution in [1.82, 2.24) is 0 Å². The molecule has 0 aliphatic carbocycles. The first-order valence-corrected chi connectivity index (χ1v) is 9.84. The first-order chi connectivity index (χ1) is 14.3. The Balaban J connectivity index is 1.85. The van der Waals surface area contributed by atoms with Gasteiger partial charge < -0.3 is 15.5 Å². The fraction of sp³-hybridized carbons (Fsp3) is 0.143. The van der Waals surface area contributed by atoms with E-state index < -0.39 is 16.6 Å². The van der Waals surface area contributed by atoms with Crippen LogP contribution in [0.5, 0.6) is 0 Å². The summed E-state index contributed by atoms with van der Waals surface area (Å²) in [4.78, 5) is 36.3. The molecule has 30 heavy (non-hydrogen) atoms. The molecule has 1 aliphatic heterocycles. The maximum absolute atomic E-state index is 13.1. The number of allylic oxidation sites excluding steroid dienone is 2. The highest BCUT2D eigenvalue weighted by molar-refractivity contribution is 7.19. The minimum absolute atomic E-state index is 0.135. The average molecular weight is 423 g/mol. The molecule has 152 valence electrons. The fourth-order valence-electron chi connectivity index (χ4n) is 3.70. The van der Waals surface area contributed by atoms with Crippen molar-refractivity contribution in [3.05, 3.63) is 85.8 Å². The number of hydrogen-bond donors (Lipinski definition) is 2. The summed E-state index contributed by atoms with van der Waals surface area (Å²) < 4.78 is 5.59. The Morgan fingerprint density at radius 2 is 2.03 bits per heavy atom. The number of furan rings is 1. The van der Waals surface area contributed by atoms with Crippen LogP contribution < -0.4 is 11.1 Å². The highest BCUT2D eigenvalue weighted by Gasteiger charge is 2.37. The van der Waals surface area contributed by atoms with Crippen LogP contribution in [0.15, 0.2) is 58.3 Å². The standard InChI is InChI=1S/C21H17N3O5S/c1-10-15(11(2)25)16(14-7-4-8-29-14)17-18(22)20(30-21(17)23-10)19(26)12-5-3-6-13(9-12)24(27)28/h3-9,16,23H,22H2,1-2H3/t16-/m1/s1. The maximum Gasteiger partial charge on any atom is 0.270 e. The molecule has 2 aromatic heterocycles. The van der Waals surface area contributed by atoms with Gasteiger partial charge in [0.25, 0.3) is 5.69 Å². The lowest BCUT2D eigenvalue weighted by molar-refractivity contribution is -0.384. The number of nitrogen functional groups attached to an aromatic ring is 1. The highest BCUT2D eigenvalue weighted by atomic mass is 32.1. The van der Waals surface area contributed by atoms with Gasteiger partial charge in [0.1, 0.15) is 10.6 Å². The molecule has 0 bridgehead atoms. The zero-order valence-electron chi connectivity index (χ0n) is 16.1. The van der Waals surface area contributed by atoms with E-state index in [0.717, 1.165) is 11.3 Å². The van der Waals surface area contributed by atoms with Gasteiger partial charge in [0.05, 0.1) is 27.8 Å². The molecule has 0 amide bonds. The second-order valence-corrected chi connectivity index (χ2v) is 7.91. The maximum atomic E-state index is 13.1. The van der Waals surface area contributed by atoms with Crippen molar-refractivity contribution in [2.75, 3.05) is 11.1 Å². The first-order valence-electron chi connectivity index (χ1n) is 9.03. The van der Waals surface area contributed by atoms with E-state index in [9.17, 15) is 19.7 Å². The number of thiophene rings is 1. The number of non-ortho nitro benzene ring substituents is 1. The SMILES string of the molecule is CC(=O)C1=C(C)Nc2sc(C(=O)c3cccc([N+](=O)[O-])c3)c(N)c2[C@@H]1c1ccco1. The van der Waals surface area contributed by atoms with Crippen LogP contribution in [-0.2, 0) is 4.79 Å². The minimum Gasteiger partial charge on any atom is -0.468 e. The number of nitrogens with zero attached hydrogens (tertiary/aromatic N) is 1. The molecule has 0 fully saturated rings. The van der Waals surface area contributed by atoms with Gasteiger partial charge in [0.15, 0.2) is 5.78 Å². The summed E-state index contributed by atoms with van der Waals surface area (Å²) in [6.45, 7) is 3.26. The average Bonchev–Trinajstić information content (AvgIpc) is 3.34. The van der Waals surface area contributed by atoms with Gasteiger partial charge in [0.2, 0.25) is 5.78 Å². The molecule has 3 heterocycles.